The van der Waals surface area contributed by atoms with Crippen molar-refractivity contribution in [3.05, 3.63) is 39.5 Å². The van der Waals surface area contributed by atoms with Crippen molar-refractivity contribution in [2.75, 3.05) is 0 Å². The summed E-state index contributed by atoms with van der Waals surface area (Å²) in [5, 5.41) is 0. The minimum absolute atomic E-state index is 0.718. The molecule has 0 N–H and O–H groups in total. The summed E-state index contributed by atoms with van der Waals surface area (Å²) in [6.45, 7) is 8.28. The first-order valence-electron chi connectivity index (χ1n) is 4.53. The molecule has 0 aliphatic heterocycles. The Morgan fingerprint density at radius 3 is 2.62 bits per heavy atom. The van der Waals surface area contributed by atoms with Crippen molar-refractivity contribution < 1.29 is 0 Å². The number of hydrogen-bond donors (Lipinski definition) is 0. The van der Waals surface area contributed by atoms with Crippen LogP contribution in [0.4, 0.5) is 0 Å². The molecule has 0 nitrogen and oxygen atoms in total. The summed E-state index contributed by atoms with van der Waals surface area (Å²) in [6.07, 6.45) is 3.06. The second-order valence-corrected chi connectivity index (χ2v) is 4.94. The molecule has 0 unspecified atom stereocenters. The number of halogens is 1. The predicted octanol–water partition coefficient (Wildman–Crippen LogP) is 4.13. The highest BCUT2D eigenvalue weighted by Crippen LogP contribution is 2.16. The van der Waals surface area contributed by atoms with Crippen LogP contribution >= 0.6 is 22.6 Å². The van der Waals surface area contributed by atoms with Gasteiger partial charge in [-0.15, -0.1) is 0 Å². The minimum Gasteiger partial charge on any atom is -0.0985 e. The van der Waals surface area contributed by atoms with Crippen molar-refractivity contribution in [1.82, 2.24) is 0 Å². The molecule has 0 saturated heterocycles. The molecule has 1 rings (SSSR count). The molecule has 0 fully saturated rings. The maximum atomic E-state index is 3.79. The van der Waals surface area contributed by atoms with Crippen LogP contribution in [0.1, 0.15) is 25.0 Å². The zero-order valence-corrected chi connectivity index (χ0v) is 10.3. The Kier molecular flexibility index (Phi) is 3.97. The second kappa shape index (κ2) is 4.80. The summed E-state index contributed by atoms with van der Waals surface area (Å²) in [6, 6.07) is 6.61. The number of benzene rings is 1. The van der Waals surface area contributed by atoms with Crippen LogP contribution < -0.4 is 0 Å². The van der Waals surface area contributed by atoms with Gasteiger partial charge in [-0.2, -0.15) is 0 Å². The van der Waals surface area contributed by atoms with Crippen LogP contribution in [0.3, 0.4) is 0 Å². The summed E-state index contributed by atoms with van der Waals surface area (Å²) in [5.41, 5.74) is 2.64. The van der Waals surface area contributed by atoms with Gasteiger partial charge in [0.05, 0.1) is 0 Å². The Hall–Kier alpha value is -0.310. The smallest absolute Gasteiger partial charge is 0.0139 e. The molecule has 1 aromatic carbocycles. The molecule has 1 aromatic rings. The highest BCUT2D eigenvalue weighted by Gasteiger charge is 2.00. The van der Waals surface area contributed by atoms with Crippen molar-refractivity contribution in [2.24, 2.45) is 5.92 Å². The van der Waals surface area contributed by atoms with Gasteiger partial charge in [-0.25, -0.2) is 0 Å². The molecule has 0 atom stereocenters. The van der Waals surface area contributed by atoms with Crippen molar-refractivity contribution in [3.8, 4) is 0 Å². The first kappa shape index (κ1) is 10.8. The molecule has 0 bridgehead atoms. The molecule has 0 aliphatic rings. The van der Waals surface area contributed by atoms with Crippen molar-refractivity contribution >= 4 is 28.7 Å². The quantitative estimate of drug-likeness (QED) is 0.733. The zero-order valence-electron chi connectivity index (χ0n) is 8.18. The van der Waals surface area contributed by atoms with E-state index in [1.807, 2.05) is 6.08 Å². The largest absolute Gasteiger partial charge is 0.0985 e. The second-order valence-electron chi connectivity index (χ2n) is 3.69. The zero-order chi connectivity index (χ0) is 9.84. The van der Waals surface area contributed by atoms with Crippen LogP contribution in [0.15, 0.2) is 24.8 Å². The maximum Gasteiger partial charge on any atom is 0.0139 e. The summed E-state index contributed by atoms with van der Waals surface area (Å²) in [4.78, 5) is 0. The Morgan fingerprint density at radius 2 is 2.08 bits per heavy atom. The molecule has 0 spiro atoms. The Bertz CT molecular complexity index is 300. The van der Waals surface area contributed by atoms with Gasteiger partial charge in [0.15, 0.2) is 0 Å². The summed E-state index contributed by atoms with van der Waals surface area (Å²) < 4.78 is 1.30. The highest BCUT2D eigenvalue weighted by molar-refractivity contribution is 14.1. The average Bonchev–Trinajstić information content (AvgIpc) is 2.01. The fourth-order valence-corrected chi connectivity index (χ4v) is 2.14. The third-order valence-electron chi connectivity index (χ3n) is 1.86. The van der Waals surface area contributed by atoms with Crippen LogP contribution in [0.25, 0.3) is 6.08 Å². The standard InChI is InChI=1S/C12H15I/c1-4-10-6-11(5-9(2)3)8-12(13)7-10/h4,6-9H,1,5H2,2-3H3. The average molecular weight is 286 g/mol. The SMILES string of the molecule is C=Cc1cc(I)cc(CC(C)C)c1. The van der Waals surface area contributed by atoms with E-state index in [0.717, 1.165) is 12.3 Å². The van der Waals surface area contributed by atoms with Crippen LogP contribution in [0.2, 0.25) is 0 Å². The molecule has 0 saturated carbocycles. The van der Waals surface area contributed by atoms with E-state index >= 15 is 0 Å². The Morgan fingerprint density at radius 1 is 1.38 bits per heavy atom. The van der Waals surface area contributed by atoms with Gasteiger partial charge in [0.1, 0.15) is 0 Å². The van der Waals surface area contributed by atoms with Gasteiger partial charge in [-0.3, -0.25) is 0 Å². The fourth-order valence-electron chi connectivity index (χ4n) is 1.38. The van der Waals surface area contributed by atoms with E-state index in [1.165, 1.54) is 14.7 Å². The topological polar surface area (TPSA) is 0 Å². The molecule has 0 heterocycles. The van der Waals surface area contributed by atoms with E-state index in [-0.39, 0.29) is 0 Å². The third kappa shape index (κ3) is 3.51. The molecule has 0 amide bonds. The van der Waals surface area contributed by atoms with E-state index in [1.54, 1.807) is 0 Å². The molecule has 0 radical (unpaired) electrons. The van der Waals surface area contributed by atoms with Crippen molar-refractivity contribution in [2.45, 2.75) is 20.3 Å². The lowest BCUT2D eigenvalue weighted by molar-refractivity contribution is 0.647. The molecule has 0 aliphatic carbocycles. The first-order valence-corrected chi connectivity index (χ1v) is 5.61. The highest BCUT2D eigenvalue weighted by atomic mass is 127. The van der Waals surface area contributed by atoms with Crippen molar-refractivity contribution in [1.29, 1.82) is 0 Å². The Balaban J connectivity index is 2.94. The van der Waals surface area contributed by atoms with Gasteiger partial charge in [0.25, 0.3) is 0 Å². The van der Waals surface area contributed by atoms with Gasteiger partial charge in [-0.05, 0) is 58.2 Å². The molecular formula is C12H15I. The maximum absolute atomic E-state index is 3.79. The van der Waals surface area contributed by atoms with E-state index in [9.17, 15) is 0 Å². The lowest BCUT2D eigenvalue weighted by atomic mass is 10.0. The fraction of sp³-hybridized carbons (Fsp3) is 0.333. The molecular weight excluding hydrogens is 271 g/mol. The summed E-state index contributed by atoms with van der Waals surface area (Å²) in [7, 11) is 0. The molecule has 13 heavy (non-hydrogen) atoms. The lowest BCUT2D eigenvalue weighted by Gasteiger charge is -2.06. The van der Waals surface area contributed by atoms with Crippen LogP contribution in [0, 0.1) is 9.49 Å². The van der Waals surface area contributed by atoms with Crippen LogP contribution in [-0.4, -0.2) is 0 Å². The predicted molar refractivity (Wildman–Crippen MR) is 67.8 cm³/mol. The van der Waals surface area contributed by atoms with E-state index in [2.05, 4.69) is 61.2 Å². The first-order chi connectivity index (χ1) is 6.11. The van der Waals surface area contributed by atoms with Gasteiger partial charge in [-0.1, -0.05) is 32.6 Å². The summed E-state index contributed by atoms with van der Waals surface area (Å²) >= 11 is 2.35. The molecule has 0 aromatic heterocycles. The van der Waals surface area contributed by atoms with Gasteiger partial charge < -0.3 is 0 Å². The van der Waals surface area contributed by atoms with E-state index in [0.29, 0.717) is 0 Å². The van der Waals surface area contributed by atoms with Crippen molar-refractivity contribution in [3.63, 3.8) is 0 Å². The van der Waals surface area contributed by atoms with E-state index < -0.39 is 0 Å². The molecule has 1 heteroatoms. The van der Waals surface area contributed by atoms with Gasteiger partial charge in [0, 0.05) is 3.57 Å². The number of rotatable bonds is 3. The van der Waals surface area contributed by atoms with Crippen LogP contribution in [-0.2, 0) is 6.42 Å². The minimum atomic E-state index is 0.718. The monoisotopic (exact) mass is 286 g/mol. The van der Waals surface area contributed by atoms with Gasteiger partial charge >= 0.3 is 0 Å². The number of hydrogen-bond acceptors (Lipinski definition) is 0. The Labute approximate surface area is 94.2 Å². The van der Waals surface area contributed by atoms with E-state index in [4.69, 9.17) is 0 Å². The summed E-state index contributed by atoms with van der Waals surface area (Å²) in [5.74, 6) is 0.718. The third-order valence-corrected chi connectivity index (χ3v) is 2.48. The van der Waals surface area contributed by atoms with Crippen LogP contribution in [0.5, 0.6) is 0 Å². The van der Waals surface area contributed by atoms with Gasteiger partial charge in [0.2, 0.25) is 0 Å². The normalized spacial score (nSPS) is 10.5. The lowest BCUT2D eigenvalue weighted by Crippen LogP contribution is -1.94. The molecule has 70 valence electrons.